The molecule has 0 fully saturated rings. The Morgan fingerprint density at radius 1 is 1.04 bits per heavy atom. The van der Waals surface area contributed by atoms with E-state index < -0.39 is 0 Å². The molecule has 0 saturated carbocycles. The number of fused-ring (bicyclic) bond motifs is 1. The third kappa shape index (κ3) is 3.50. The van der Waals surface area contributed by atoms with Crippen molar-refractivity contribution in [2.45, 2.75) is 6.54 Å². The second-order valence-electron chi connectivity index (χ2n) is 5.89. The normalized spacial score (nSPS) is 10.8. The minimum atomic E-state index is -0.125. The molecule has 2 aromatic carbocycles. The van der Waals surface area contributed by atoms with Gasteiger partial charge in [-0.1, -0.05) is 30.3 Å². The second kappa shape index (κ2) is 7.09. The van der Waals surface area contributed by atoms with Gasteiger partial charge in [0.25, 0.3) is 5.91 Å². The first-order valence-corrected chi connectivity index (χ1v) is 8.90. The molecular weight excluding hydrogens is 392 g/mol. The van der Waals surface area contributed by atoms with Crippen molar-refractivity contribution in [3.05, 3.63) is 88.9 Å². The third-order valence-corrected chi connectivity index (χ3v) is 4.48. The first-order chi connectivity index (χ1) is 12.7. The van der Waals surface area contributed by atoms with Crippen LogP contribution in [-0.4, -0.2) is 20.4 Å². The number of rotatable bonds is 4. The SMILES string of the molecule is O=C(Nc1ccccc1)c1cccc(Cn2cnc3cnc(Br)cc32)c1. The van der Waals surface area contributed by atoms with Gasteiger partial charge in [0.1, 0.15) is 10.1 Å². The van der Waals surface area contributed by atoms with Gasteiger partial charge < -0.3 is 9.88 Å². The number of benzene rings is 2. The molecule has 128 valence electrons. The van der Waals surface area contributed by atoms with Gasteiger partial charge >= 0.3 is 0 Å². The van der Waals surface area contributed by atoms with E-state index in [0.717, 1.165) is 26.9 Å². The summed E-state index contributed by atoms with van der Waals surface area (Å²) in [7, 11) is 0. The smallest absolute Gasteiger partial charge is 0.255 e. The standard InChI is InChI=1S/C20H15BrN4O/c21-19-10-18-17(11-22-19)23-13-25(18)12-14-5-4-6-15(9-14)20(26)24-16-7-2-1-3-8-16/h1-11,13H,12H2,(H,24,26). The molecule has 0 aliphatic carbocycles. The van der Waals surface area contributed by atoms with Crippen LogP contribution in [0.2, 0.25) is 0 Å². The Balaban J connectivity index is 1.57. The summed E-state index contributed by atoms with van der Waals surface area (Å²) in [6, 6.07) is 19.0. The maximum Gasteiger partial charge on any atom is 0.255 e. The largest absolute Gasteiger partial charge is 0.326 e. The van der Waals surface area contributed by atoms with Crippen molar-refractivity contribution in [2.75, 3.05) is 5.32 Å². The van der Waals surface area contributed by atoms with Crippen LogP contribution in [-0.2, 0) is 6.54 Å². The minimum Gasteiger partial charge on any atom is -0.326 e. The number of carbonyl (C=O) groups excluding carboxylic acids is 1. The van der Waals surface area contributed by atoms with Gasteiger partial charge in [0, 0.05) is 17.8 Å². The summed E-state index contributed by atoms with van der Waals surface area (Å²) in [6.45, 7) is 0.624. The van der Waals surface area contributed by atoms with E-state index in [2.05, 4.69) is 31.2 Å². The molecule has 6 heteroatoms. The Morgan fingerprint density at radius 3 is 2.73 bits per heavy atom. The summed E-state index contributed by atoms with van der Waals surface area (Å²) in [5.74, 6) is -0.125. The molecule has 0 aliphatic heterocycles. The fourth-order valence-electron chi connectivity index (χ4n) is 2.79. The van der Waals surface area contributed by atoms with Crippen LogP contribution in [0.3, 0.4) is 0 Å². The number of nitrogens with zero attached hydrogens (tertiary/aromatic N) is 3. The minimum absolute atomic E-state index is 0.125. The van der Waals surface area contributed by atoms with Crippen LogP contribution in [0.25, 0.3) is 11.0 Å². The zero-order valence-electron chi connectivity index (χ0n) is 13.8. The maximum absolute atomic E-state index is 12.5. The lowest BCUT2D eigenvalue weighted by atomic mass is 10.1. The van der Waals surface area contributed by atoms with E-state index in [4.69, 9.17) is 0 Å². The molecule has 26 heavy (non-hydrogen) atoms. The summed E-state index contributed by atoms with van der Waals surface area (Å²) in [5.41, 5.74) is 4.26. The first-order valence-electron chi connectivity index (χ1n) is 8.11. The average Bonchev–Trinajstić information content (AvgIpc) is 3.05. The predicted octanol–water partition coefficient (Wildman–Crippen LogP) is 4.49. The average molecular weight is 407 g/mol. The number of amides is 1. The number of pyridine rings is 1. The summed E-state index contributed by atoms with van der Waals surface area (Å²) in [6.07, 6.45) is 3.52. The van der Waals surface area contributed by atoms with Crippen LogP contribution in [0.1, 0.15) is 15.9 Å². The van der Waals surface area contributed by atoms with Crippen LogP contribution >= 0.6 is 15.9 Å². The van der Waals surface area contributed by atoms with Gasteiger partial charge in [-0.25, -0.2) is 9.97 Å². The molecule has 4 aromatic rings. The number of carbonyl (C=O) groups is 1. The number of nitrogens with one attached hydrogen (secondary N) is 1. The molecule has 1 N–H and O–H groups in total. The molecule has 2 aromatic heterocycles. The molecule has 0 atom stereocenters. The summed E-state index contributed by atoms with van der Waals surface area (Å²) in [5, 5.41) is 2.91. The van der Waals surface area contributed by atoms with E-state index in [1.807, 2.05) is 65.2 Å². The zero-order valence-corrected chi connectivity index (χ0v) is 15.3. The van der Waals surface area contributed by atoms with Crippen molar-refractivity contribution in [3.8, 4) is 0 Å². The molecule has 0 spiro atoms. The van der Waals surface area contributed by atoms with Gasteiger partial charge in [-0.2, -0.15) is 0 Å². The highest BCUT2D eigenvalue weighted by molar-refractivity contribution is 9.10. The highest BCUT2D eigenvalue weighted by Gasteiger charge is 2.09. The van der Waals surface area contributed by atoms with Crippen molar-refractivity contribution in [2.24, 2.45) is 0 Å². The number of para-hydroxylation sites is 1. The van der Waals surface area contributed by atoms with Gasteiger partial charge in [0.05, 0.1) is 18.0 Å². The van der Waals surface area contributed by atoms with Gasteiger partial charge in [0.2, 0.25) is 0 Å². The van der Waals surface area contributed by atoms with Gasteiger partial charge in [-0.3, -0.25) is 4.79 Å². The van der Waals surface area contributed by atoms with Gasteiger partial charge in [-0.15, -0.1) is 0 Å². The van der Waals surface area contributed by atoms with Crippen LogP contribution in [0.4, 0.5) is 5.69 Å². The Morgan fingerprint density at radius 2 is 1.88 bits per heavy atom. The number of aromatic nitrogens is 3. The number of hydrogen-bond acceptors (Lipinski definition) is 3. The monoisotopic (exact) mass is 406 g/mol. The quantitative estimate of drug-likeness (QED) is 0.507. The zero-order chi connectivity index (χ0) is 17.9. The summed E-state index contributed by atoms with van der Waals surface area (Å²) < 4.78 is 2.80. The van der Waals surface area contributed by atoms with Crippen molar-refractivity contribution in [1.82, 2.24) is 14.5 Å². The fourth-order valence-corrected chi connectivity index (χ4v) is 3.11. The van der Waals surface area contributed by atoms with Gasteiger partial charge in [0.15, 0.2) is 0 Å². The highest BCUT2D eigenvalue weighted by atomic mass is 79.9. The molecule has 2 heterocycles. The Labute approximate surface area is 158 Å². The lowest BCUT2D eigenvalue weighted by Gasteiger charge is -2.08. The molecule has 0 radical (unpaired) electrons. The second-order valence-corrected chi connectivity index (χ2v) is 6.70. The first kappa shape index (κ1) is 16.5. The Bertz CT molecular complexity index is 1080. The van der Waals surface area contributed by atoms with E-state index >= 15 is 0 Å². The van der Waals surface area contributed by atoms with Crippen molar-refractivity contribution >= 4 is 38.6 Å². The molecular formula is C20H15BrN4O. The lowest BCUT2D eigenvalue weighted by Crippen LogP contribution is -2.12. The van der Waals surface area contributed by atoms with Crippen LogP contribution in [0, 0.1) is 0 Å². The maximum atomic E-state index is 12.5. The number of halogens is 1. The van der Waals surface area contributed by atoms with E-state index in [1.165, 1.54) is 0 Å². The van der Waals surface area contributed by atoms with Crippen molar-refractivity contribution in [1.29, 1.82) is 0 Å². The number of anilines is 1. The number of hydrogen-bond donors (Lipinski definition) is 1. The lowest BCUT2D eigenvalue weighted by molar-refractivity contribution is 0.102. The summed E-state index contributed by atoms with van der Waals surface area (Å²) in [4.78, 5) is 21.0. The molecule has 0 saturated heterocycles. The topological polar surface area (TPSA) is 59.8 Å². The number of imidazole rings is 1. The van der Waals surface area contributed by atoms with Crippen molar-refractivity contribution < 1.29 is 4.79 Å². The van der Waals surface area contributed by atoms with Crippen LogP contribution in [0.15, 0.2) is 77.8 Å². The third-order valence-electron chi connectivity index (χ3n) is 4.05. The van der Waals surface area contributed by atoms with Crippen molar-refractivity contribution in [3.63, 3.8) is 0 Å². The Kier molecular flexibility index (Phi) is 4.50. The predicted molar refractivity (Wildman–Crippen MR) is 105 cm³/mol. The molecule has 0 aliphatic rings. The van der Waals surface area contributed by atoms with E-state index in [0.29, 0.717) is 12.1 Å². The molecule has 0 bridgehead atoms. The van der Waals surface area contributed by atoms with E-state index in [9.17, 15) is 4.79 Å². The van der Waals surface area contributed by atoms with Crippen LogP contribution in [0.5, 0.6) is 0 Å². The van der Waals surface area contributed by atoms with E-state index in [1.54, 1.807) is 12.5 Å². The molecule has 4 rings (SSSR count). The molecule has 5 nitrogen and oxygen atoms in total. The summed E-state index contributed by atoms with van der Waals surface area (Å²) >= 11 is 3.39. The molecule has 1 amide bonds. The van der Waals surface area contributed by atoms with Crippen LogP contribution < -0.4 is 5.32 Å². The highest BCUT2D eigenvalue weighted by Crippen LogP contribution is 2.18. The fraction of sp³-hybridized carbons (Fsp3) is 0.0500. The Hall–Kier alpha value is -2.99. The van der Waals surface area contributed by atoms with E-state index in [-0.39, 0.29) is 5.91 Å². The molecule has 0 unspecified atom stereocenters. The van der Waals surface area contributed by atoms with Gasteiger partial charge in [-0.05, 0) is 51.8 Å².